The van der Waals surface area contributed by atoms with Crippen LogP contribution in [0.4, 0.5) is 0 Å². The first-order valence-electron chi connectivity index (χ1n) is 7.57. The SMILES string of the molecule is COCc1ccc(C(CN)N2CCCC(C)(C)C2)cc1. The van der Waals surface area contributed by atoms with Gasteiger partial charge in [0.25, 0.3) is 0 Å². The van der Waals surface area contributed by atoms with E-state index in [4.69, 9.17) is 10.5 Å². The number of hydrogen-bond donors (Lipinski definition) is 1. The van der Waals surface area contributed by atoms with Gasteiger partial charge in [-0.1, -0.05) is 38.1 Å². The zero-order chi connectivity index (χ0) is 14.6. The van der Waals surface area contributed by atoms with Crippen LogP contribution in [0.1, 0.15) is 43.9 Å². The van der Waals surface area contributed by atoms with Crippen LogP contribution in [-0.2, 0) is 11.3 Å². The third-order valence-corrected chi connectivity index (χ3v) is 4.27. The molecule has 3 heteroatoms. The molecule has 0 amide bonds. The van der Waals surface area contributed by atoms with Crippen molar-refractivity contribution < 1.29 is 4.74 Å². The van der Waals surface area contributed by atoms with Crippen molar-refractivity contribution in [1.29, 1.82) is 0 Å². The van der Waals surface area contributed by atoms with Gasteiger partial charge in [0, 0.05) is 26.2 Å². The number of likely N-dealkylation sites (tertiary alicyclic amines) is 1. The molecule has 1 atom stereocenters. The summed E-state index contributed by atoms with van der Waals surface area (Å²) < 4.78 is 5.16. The molecule has 2 rings (SSSR count). The van der Waals surface area contributed by atoms with E-state index < -0.39 is 0 Å². The molecule has 0 bridgehead atoms. The molecule has 20 heavy (non-hydrogen) atoms. The van der Waals surface area contributed by atoms with Crippen molar-refractivity contribution in [3.63, 3.8) is 0 Å². The number of nitrogens with two attached hydrogens (primary N) is 1. The van der Waals surface area contributed by atoms with E-state index in [9.17, 15) is 0 Å². The molecule has 1 unspecified atom stereocenters. The van der Waals surface area contributed by atoms with Crippen LogP contribution >= 0.6 is 0 Å². The summed E-state index contributed by atoms with van der Waals surface area (Å²) in [6.07, 6.45) is 2.58. The van der Waals surface area contributed by atoms with E-state index in [1.54, 1.807) is 7.11 Å². The van der Waals surface area contributed by atoms with Crippen LogP contribution in [0.25, 0.3) is 0 Å². The largest absolute Gasteiger partial charge is 0.380 e. The fraction of sp³-hybridized carbons (Fsp3) is 0.647. The van der Waals surface area contributed by atoms with Crippen LogP contribution in [0.3, 0.4) is 0 Å². The first-order valence-corrected chi connectivity index (χ1v) is 7.57. The van der Waals surface area contributed by atoms with Crippen LogP contribution in [0, 0.1) is 5.41 Å². The minimum atomic E-state index is 0.339. The molecular formula is C17H28N2O. The average molecular weight is 276 g/mol. The van der Waals surface area contributed by atoms with Crippen LogP contribution < -0.4 is 5.73 Å². The molecule has 1 aliphatic heterocycles. The fourth-order valence-electron chi connectivity index (χ4n) is 3.23. The van der Waals surface area contributed by atoms with E-state index in [0.29, 0.717) is 24.6 Å². The van der Waals surface area contributed by atoms with Gasteiger partial charge in [0.1, 0.15) is 0 Å². The molecule has 0 spiro atoms. The minimum Gasteiger partial charge on any atom is -0.380 e. The van der Waals surface area contributed by atoms with Crippen molar-refractivity contribution in [2.75, 3.05) is 26.7 Å². The highest BCUT2D eigenvalue weighted by molar-refractivity contribution is 5.25. The van der Waals surface area contributed by atoms with Gasteiger partial charge in [-0.05, 0) is 35.9 Å². The lowest BCUT2D eigenvalue weighted by Gasteiger charge is -2.42. The Hall–Kier alpha value is -0.900. The summed E-state index contributed by atoms with van der Waals surface area (Å²) >= 11 is 0. The lowest BCUT2D eigenvalue weighted by atomic mass is 9.83. The number of nitrogens with zero attached hydrogens (tertiary/aromatic N) is 1. The molecule has 0 radical (unpaired) electrons. The number of ether oxygens (including phenoxy) is 1. The van der Waals surface area contributed by atoms with E-state index >= 15 is 0 Å². The van der Waals surface area contributed by atoms with E-state index in [0.717, 1.165) is 13.1 Å². The lowest BCUT2D eigenvalue weighted by Crippen LogP contribution is -2.44. The molecule has 1 fully saturated rings. The van der Waals surface area contributed by atoms with E-state index in [2.05, 4.69) is 43.0 Å². The maximum Gasteiger partial charge on any atom is 0.0713 e. The van der Waals surface area contributed by atoms with Crippen molar-refractivity contribution in [2.24, 2.45) is 11.1 Å². The summed E-state index contributed by atoms with van der Waals surface area (Å²) in [6, 6.07) is 9.04. The van der Waals surface area contributed by atoms with Gasteiger partial charge >= 0.3 is 0 Å². The summed E-state index contributed by atoms with van der Waals surface area (Å²) in [6.45, 7) is 8.35. The molecule has 0 aromatic heterocycles. The number of methoxy groups -OCH3 is 1. The average Bonchev–Trinajstić information content (AvgIpc) is 2.41. The Kier molecular flexibility index (Phi) is 5.19. The lowest BCUT2D eigenvalue weighted by molar-refractivity contribution is 0.0806. The summed E-state index contributed by atoms with van der Waals surface area (Å²) in [7, 11) is 1.73. The molecular weight excluding hydrogens is 248 g/mol. The van der Waals surface area contributed by atoms with Gasteiger partial charge in [-0.3, -0.25) is 4.90 Å². The first kappa shape index (κ1) is 15.5. The monoisotopic (exact) mass is 276 g/mol. The molecule has 3 nitrogen and oxygen atoms in total. The van der Waals surface area contributed by atoms with Crippen molar-refractivity contribution in [3.8, 4) is 0 Å². The third kappa shape index (κ3) is 3.81. The Bertz CT molecular complexity index is 414. The van der Waals surface area contributed by atoms with Gasteiger partial charge in [-0.25, -0.2) is 0 Å². The molecule has 0 saturated carbocycles. The molecule has 1 heterocycles. The number of benzene rings is 1. The van der Waals surface area contributed by atoms with E-state index in [-0.39, 0.29) is 0 Å². The minimum absolute atomic E-state index is 0.339. The predicted octanol–water partition coefficient (Wildman–Crippen LogP) is 2.95. The van der Waals surface area contributed by atoms with Crippen LogP contribution in [0.2, 0.25) is 0 Å². The normalized spacial score (nSPS) is 20.8. The second-order valence-corrected chi connectivity index (χ2v) is 6.66. The Labute approximate surface area is 123 Å². The van der Waals surface area contributed by atoms with Crippen molar-refractivity contribution in [1.82, 2.24) is 4.90 Å². The van der Waals surface area contributed by atoms with Gasteiger partial charge in [-0.15, -0.1) is 0 Å². The third-order valence-electron chi connectivity index (χ3n) is 4.27. The maximum absolute atomic E-state index is 6.05. The van der Waals surface area contributed by atoms with Crippen LogP contribution in [-0.4, -0.2) is 31.6 Å². The van der Waals surface area contributed by atoms with Crippen LogP contribution in [0.5, 0.6) is 0 Å². The second-order valence-electron chi connectivity index (χ2n) is 6.66. The zero-order valence-electron chi connectivity index (χ0n) is 13.1. The first-order chi connectivity index (χ1) is 9.55. The highest BCUT2D eigenvalue weighted by Crippen LogP contribution is 2.33. The van der Waals surface area contributed by atoms with Crippen molar-refractivity contribution in [2.45, 2.75) is 39.3 Å². The topological polar surface area (TPSA) is 38.5 Å². The second kappa shape index (κ2) is 6.70. The quantitative estimate of drug-likeness (QED) is 0.898. The zero-order valence-corrected chi connectivity index (χ0v) is 13.1. The highest BCUT2D eigenvalue weighted by Gasteiger charge is 2.30. The Morgan fingerprint density at radius 3 is 2.55 bits per heavy atom. The van der Waals surface area contributed by atoms with Gasteiger partial charge in [0.05, 0.1) is 6.61 Å². The Balaban J connectivity index is 2.11. The molecule has 1 aromatic rings. The standard InChI is InChI=1S/C17H28N2O/c1-17(2)9-4-10-19(13-17)16(11-18)15-7-5-14(6-8-15)12-20-3/h5-8,16H,4,9-13,18H2,1-3H3. The molecule has 2 N–H and O–H groups in total. The van der Waals surface area contributed by atoms with Crippen molar-refractivity contribution >= 4 is 0 Å². The predicted molar refractivity (Wildman–Crippen MR) is 83.5 cm³/mol. The van der Waals surface area contributed by atoms with E-state index in [1.165, 1.54) is 24.0 Å². The molecule has 1 aromatic carbocycles. The molecule has 1 saturated heterocycles. The van der Waals surface area contributed by atoms with Crippen LogP contribution in [0.15, 0.2) is 24.3 Å². The number of piperidine rings is 1. The van der Waals surface area contributed by atoms with Gasteiger partial charge < -0.3 is 10.5 Å². The Morgan fingerprint density at radius 2 is 2.00 bits per heavy atom. The molecule has 112 valence electrons. The summed E-state index contributed by atoms with van der Waals surface area (Å²) in [5, 5.41) is 0. The summed E-state index contributed by atoms with van der Waals surface area (Å²) in [4.78, 5) is 2.55. The number of rotatable bonds is 5. The summed E-state index contributed by atoms with van der Waals surface area (Å²) in [5.41, 5.74) is 9.00. The Morgan fingerprint density at radius 1 is 1.30 bits per heavy atom. The highest BCUT2D eigenvalue weighted by atomic mass is 16.5. The van der Waals surface area contributed by atoms with Crippen molar-refractivity contribution in [3.05, 3.63) is 35.4 Å². The van der Waals surface area contributed by atoms with Gasteiger partial charge in [0.2, 0.25) is 0 Å². The maximum atomic E-state index is 6.05. The molecule has 1 aliphatic rings. The fourth-order valence-corrected chi connectivity index (χ4v) is 3.23. The smallest absolute Gasteiger partial charge is 0.0713 e. The van der Waals surface area contributed by atoms with Gasteiger partial charge in [0.15, 0.2) is 0 Å². The van der Waals surface area contributed by atoms with E-state index in [1.807, 2.05) is 0 Å². The number of hydrogen-bond acceptors (Lipinski definition) is 3. The molecule has 0 aliphatic carbocycles. The summed E-state index contributed by atoms with van der Waals surface area (Å²) in [5.74, 6) is 0. The van der Waals surface area contributed by atoms with Gasteiger partial charge in [-0.2, -0.15) is 0 Å².